The predicted octanol–water partition coefficient (Wildman–Crippen LogP) is 2.76. The van der Waals surface area contributed by atoms with E-state index in [0.717, 1.165) is 19.0 Å². The Bertz CT molecular complexity index is 396. The van der Waals surface area contributed by atoms with Crippen LogP contribution in [0.25, 0.3) is 0 Å². The number of piperidine rings is 1. The van der Waals surface area contributed by atoms with Gasteiger partial charge in [0.2, 0.25) is 0 Å². The molecule has 3 rings (SSSR count). The van der Waals surface area contributed by atoms with Crippen LogP contribution < -0.4 is 5.32 Å². The summed E-state index contributed by atoms with van der Waals surface area (Å²) in [6.07, 6.45) is 1.22. The first-order valence-electron chi connectivity index (χ1n) is 4.89. The summed E-state index contributed by atoms with van der Waals surface area (Å²) in [5.41, 5.74) is 1.47. The van der Waals surface area contributed by atoms with Crippen LogP contribution in [0.4, 0.5) is 4.39 Å². The molecule has 82 valence electrons. The van der Waals surface area contributed by atoms with E-state index in [4.69, 9.17) is 11.6 Å². The number of fused-ring (bicyclic) bond motifs is 1. The molecule has 1 N–H and O–H groups in total. The maximum atomic E-state index is 13.0. The van der Waals surface area contributed by atoms with Gasteiger partial charge in [-0.25, -0.2) is 4.39 Å². The van der Waals surface area contributed by atoms with Crippen molar-refractivity contribution in [3.8, 4) is 0 Å². The summed E-state index contributed by atoms with van der Waals surface area (Å²) < 4.78 is 13.0. The van der Waals surface area contributed by atoms with E-state index in [0.29, 0.717) is 0 Å². The molecule has 1 aliphatic carbocycles. The zero-order valence-corrected chi connectivity index (χ0v) is 9.67. The first-order valence-corrected chi connectivity index (χ1v) is 5.26. The Kier molecular flexibility index (Phi) is 2.70. The van der Waals surface area contributed by atoms with Crippen LogP contribution in [0.1, 0.15) is 12.0 Å². The van der Waals surface area contributed by atoms with Gasteiger partial charge in [-0.1, -0.05) is 17.7 Å². The molecular formula is C11H12Cl2FN. The quantitative estimate of drug-likeness (QED) is 0.805. The Morgan fingerprint density at radius 3 is 2.80 bits per heavy atom. The summed E-state index contributed by atoms with van der Waals surface area (Å²) in [4.78, 5) is 0. The average molecular weight is 248 g/mol. The van der Waals surface area contributed by atoms with Crippen molar-refractivity contribution in [2.24, 2.45) is 5.92 Å². The summed E-state index contributed by atoms with van der Waals surface area (Å²) in [5.74, 6) is 0.416. The molecule has 0 bridgehead atoms. The molecule has 0 unspecified atom stereocenters. The van der Waals surface area contributed by atoms with Crippen molar-refractivity contribution < 1.29 is 4.39 Å². The van der Waals surface area contributed by atoms with Crippen LogP contribution in [-0.2, 0) is 5.41 Å². The van der Waals surface area contributed by atoms with Gasteiger partial charge in [0.25, 0.3) is 0 Å². The van der Waals surface area contributed by atoms with E-state index in [1.165, 1.54) is 18.1 Å². The topological polar surface area (TPSA) is 12.0 Å². The lowest BCUT2D eigenvalue weighted by Crippen LogP contribution is -2.19. The molecule has 1 aromatic carbocycles. The van der Waals surface area contributed by atoms with Crippen molar-refractivity contribution in [2.45, 2.75) is 11.8 Å². The van der Waals surface area contributed by atoms with Crippen molar-refractivity contribution >= 4 is 24.0 Å². The Morgan fingerprint density at radius 2 is 2.27 bits per heavy atom. The van der Waals surface area contributed by atoms with E-state index in [9.17, 15) is 4.39 Å². The fraction of sp³-hybridized carbons (Fsp3) is 0.455. The minimum Gasteiger partial charge on any atom is -0.316 e. The first kappa shape index (κ1) is 11.2. The number of benzene rings is 1. The summed E-state index contributed by atoms with van der Waals surface area (Å²) >= 11 is 5.78. The van der Waals surface area contributed by atoms with Gasteiger partial charge in [0, 0.05) is 12.0 Å². The van der Waals surface area contributed by atoms with Gasteiger partial charge < -0.3 is 5.32 Å². The van der Waals surface area contributed by atoms with Gasteiger partial charge in [0.15, 0.2) is 0 Å². The molecule has 2 fully saturated rings. The molecule has 0 spiro atoms. The SMILES string of the molecule is Cl.Fc1ccc([C@]23CNC[C@@H]2C3)cc1Cl. The molecule has 15 heavy (non-hydrogen) atoms. The van der Waals surface area contributed by atoms with Crippen LogP contribution in [0, 0.1) is 11.7 Å². The molecule has 0 radical (unpaired) electrons. The molecular weight excluding hydrogens is 236 g/mol. The van der Waals surface area contributed by atoms with E-state index >= 15 is 0 Å². The molecule has 1 saturated heterocycles. The lowest BCUT2D eigenvalue weighted by atomic mass is 9.95. The van der Waals surface area contributed by atoms with E-state index in [2.05, 4.69) is 5.32 Å². The van der Waals surface area contributed by atoms with Crippen LogP contribution in [0.2, 0.25) is 5.02 Å². The highest BCUT2D eigenvalue weighted by atomic mass is 35.5. The molecule has 1 nitrogen and oxygen atoms in total. The lowest BCUT2D eigenvalue weighted by Gasteiger charge is -2.12. The molecule has 1 saturated carbocycles. The average Bonchev–Trinajstić information content (AvgIpc) is 2.75. The molecule has 0 aromatic heterocycles. The van der Waals surface area contributed by atoms with Gasteiger partial charge in [0.05, 0.1) is 5.02 Å². The van der Waals surface area contributed by atoms with Crippen molar-refractivity contribution in [3.05, 3.63) is 34.6 Å². The summed E-state index contributed by atoms with van der Waals surface area (Å²) in [5, 5.41) is 3.60. The monoisotopic (exact) mass is 247 g/mol. The number of hydrogen-bond donors (Lipinski definition) is 1. The predicted molar refractivity (Wildman–Crippen MR) is 61.3 cm³/mol. The Labute approximate surface area is 99.4 Å². The highest BCUT2D eigenvalue weighted by Gasteiger charge is 2.58. The summed E-state index contributed by atoms with van der Waals surface area (Å²) in [6.45, 7) is 2.11. The molecule has 2 atom stereocenters. The normalized spacial score (nSPS) is 32.0. The maximum Gasteiger partial charge on any atom is 0.141 e. The fourth-order valence-corrected chi connectivity index (χ4v) is 2.78. The smallest absolute Gasteiger partial charge is 0.141 e. The van der Waals surface area contributed by atoms with E-state index in [1.807, 2.05) is 6.07 Å². The number of halogens is 3. The lowest BCUT2D eigenvalue weighted by molar-refractivity contribution is 0.622. The van der Waals surface area contributed by atoms with Gasteiger partial charge in [-0.2, -0.15) is 0 Å². The van der Waals surface area contributed by atoms with Crippen LogP contribution in [0.3, 0.4) is 0 Å². The van der Waals surface area contributed by atoms with Gasteiger partial charge in [-0.15, -0.1) is 12.4 Å². The molecule has 2 aliphatic rings. The van der Waals surface area contributed by atoms with Crippen molar-refractivity contribution in [3.63, 3.8) is 0 Å². The second-order valence-electron chi connectivity index (χ2n) is 4.32. The highest BCUT2D eigenvalue weighted by molar-refractivity contribution is 6.30. The van der Waals surface area contributed by atoms with Gasteiger partial charge in [-0.05, 0) is 36.6 Å². The van der Waals surface area contributed by atoms with E-state index in [1.54, 1.807) is 6.07 Å². The van der Waals surface area contributed by atoms with E-state index in [-0.39, 0.29) is 28.7 Å². The third-order valence-corrected chi connectivity index (χ3v) is 3.85. The zero-order chi connectivity index (χ0) is 9.76. The molecule has 0 amide bonds. The maximum absolute atomic E-state index is 13.0. The molecule has 1 aromatic rings. The molecule has 4 heteroatoms. The van der Waals surface area contributed by atoms with Gasteiger partial charge in [-0.3, -0.25) is 0 Å². The first-order chi connectivity index (χ1) is 6.72. The second-order valence-corrected chi connectivity index (χ2v) is 4.72. The Balaban J connectivity index is 0.000000853. The van der Waals surface area contributed by atoms with Crippen LogP contribution in [-0.4, -0.2) is 13.1 Å². The third-order valence-electron chi connectivity index (χ3n) is 3.56. The summed E-state index contributed by atoms with van der Waals surface area (Å²) in [7, 11) is 0. The van der Waals surface area contributed by atoms with Crippen molar-refractivity contribution in [2.75, 3.05) is 13.1 Å². The van der Waals surface area contributed by atoms with Crippen LogP contribution in [0.15, 0.2) is 18.2 Å². The minimum absolute atomic E-state index is 0. The Hall–Kier alpha value is -0.310. The fourth-order valence-electron chi connectivity index (χ4n) is 2.60. The Morgan fingerprint density at radius 1 is 1.47 bits per heavy atom. The van der Waals surface area contributed by atoms with Crippen LogP contribution >= 0.6 is 24.0 Å². The third kappa shape index (κ3) is 1.55. The zero-order valence-electron chi connectivity index (χ0n) is 8.09. The number of rotatable bonds is 1. The number of hydrogen-bond acceptors (Lipinski definition) is 1. The van der Waals surface area contributed by atoms with E-state index < -0.39 is 0 Å². The second kappa shape index (κ2) is 3.62. The largest absolute Gasteiger partial charge is 0.316 e. The highest BCUT2D eigenvalue weighted by Crippen LogP contribution is 2.56. The van der Waals surface area contributed by atoms with Crippen molar-refractivity contribution in [1.82, 2.24) is 5.32 Å². The van der Waals surface area contributed by atoms with Gasteiger partial charge >= 0.3 is 0 Å². The van der Waals surface area contributed by atoms with Crippen molar-refractivity contribution in [1.29, 1.82) is 0 Å². The minimum atomic E-state index is -0.324. The molecule has 1 aliphatic heterocycles. The van der Waals surface area contributed by atoms with Crippen LogP contribution in [0.5, 0.6) is 0 Å². The summed E-state index contributed by atoms with van der Waals surface area (Å²) in [6, 6.07) is 5.12. The van der Waals surface area contributed by atoms with Gasteiger partial charge in [0.1, 0.15) is 5.82 Å². The molecule has 1 heterocycles. The number of nitrogens with one attached hydrogen (secondary N) is 1. The standard InChI is InChI=1S/C11H11ClFN.ClH/c12-9-3-7(1-2-10(9)13)11-4-8(11)5-14-6-11;/h1-3,8,14H,4-6H2;1H/t8-,11-;/m0./s1.